The molecule has 16 heteroatoms. The number of amides is 3. The molecule has 0 bridgehead atoms. The van der Waals surface area contributed by atoms with Crippen LogP contribution in [0.25, 0.3) is 0 Å². The molecule has 0 aromatic heterocycles. The van der Waals surface area contributed by atoms with Crippen molar-refractivity contribution < 1.29 is 58.7 Å². The van der Waals surface area contributed by atoms with Gasteiger partial charge < -0.3 is 46.0 Å². The maximum Gasteiger partial charge on any atom is 0.407 e. The number of hydrogen-bond donors (Lipinski definition) is 7. The van der Waals surface area contributed by atoms with Crippen LogP contribution in [-0.4, -0.2) is 111 Å². The van der Waals surface area contributed by atoms with Crippen LogP contribution in [0.2, 0.25) is 0 Å². The molecule has 20 aliphatic carbocycles. The van der Waals surface area contributed by atoms with Crippen molar-refractivity contribution in [3.05, 3.63) is 185 Å². The molecule has 0 spiro atoms. The molecular formula is C126H178N4O12. The Morgan fingerprint density at radius 1 is 0.359 bits per heavy atom. The van der Waals surface area contributed by atoms with Crippen molar-refractivity contribution in [1.82, 2.24) is 20.9 Å². The zero-order valence-corrected chi connectivity index (χ0v) is 92.8. The summed E-state index contributed by atoms with van der Waals surface area (Å²) in [6.45, 7) is 67.8. The van der Waals surface area contributed by atoms with Crippen molar-refractivity contribution in [2.24, 2.45) is 121 Å². The first-order chi connectivity index (χ1) is 65.9. The summed E-state index contributed by atoms with van der Waals surface area (Å²) < 4.78 is 5.26. The van der Waals surface area contributed by atoms with Crippen molar-refractivity contribution >= 4 is 41.0 Å². The standard InChI is InChI=1S/2C32H45NO3.C31H43NO4.C31H45NO2/c1-20-22-9-10-25-30(5,23(22)17-24(35)27(20)36)14-16-32(7)26-18-28(3,19-33(8)21(2)34)11-12-29(26,4)13-15-31(25,32)6;1-8-9-26(35)33-29(4)14-12-28(3)13-16-31(6)24-11-10-21-20(2)27(36)23(34)18-22(21)30(24,5)15-17-32(31,7)25(28)19-29;1-8-36-26(35)32-28(4)13-11-27(3)12-15-30(6)23-10-9-20-19(2)25(34)22(33)17-21(20)29(23,5)14-16-31(30,7)24(27)18-28;1-8-32-19-27(3)11-12-28(4)13-15-30(6)24-10-9-21-20(2)26(34)23(33)17-22(21)29(24,5)14-16-31(30,7)25(28)18-27/h9-10,17,26,36H,11-16,18-19H2,1-8H3;10-11,18,25,36H,8-9,12-17,19H2,1-7H3,(H,33,35);9-10,17,24,34H,8,11-16,18H2,1-7H3,(H,32,35);9-10,17,25,32,34H,8,11-16,18-19H2,1-7H3/t26-,28-,29-,30+,31-,32+;25-,28-,29-,30+,31-,32+;24-,27-,28-,29+,30-,31+;25-,27-,28-,29+,30-,31+/m1111/s1. The first kappa shape index (κ1) is 105. The predicted octanol–water partition coefficient (Wildman–Crippen LogP) is 28.7. The Balaban J connectivity index is 0.000000130. The quantitative estimate of drug-likeness (QED) is 0.108. The number of nitrogens with zero attached hydrogens (tertiary/aromatic N) is 1. The first-order valence-corrected chi connectivity index (χ1v) is 55.5. The third kappa shape index (κ3) is 15.5. The molecule has 0 unspecified atom stereocenters. The van der Waals surface area contributed by atoms with Crippen LogP contribution in [0.1, 0.15) is 386 Å². The van der Waals surface area contributed by atoms with E-state index in [0.717, 1.165) is 179 Å². The molecule has 0 saturated heterocycles. The summed E-state index contributed by atoms with van der Waals surface area (Å²) in [5.41, 5.74) is 18.7. The highest BCUT2D eigenvalue weighted by atomic mass is 16.5. The van der Waals surface area contributed by atoms with Crippen molar-refractivity contribution in [3.8, 4) is 0 Å². The van der Waals surface area contributed by atoms with Gasteiger partial charge in [-0.05, 0) is 410 Å². The van der Waals surface area contributed by atoms with Gasteiger partial charge >= 0.3 is 6.09 Å². The number of ketones is 4. The topological polar surface area (TPSA) is 249 Å². The molecule has 12 saturated carbocycles. The van der Waals surface area contributed by atoms with Gasteiger partial charge in [-0.15, -0.1) is 0 Å². The van der Waals surface area contributed by atoms with Gasteiger partial charge in [-0.3, -0.25) is 28.8 Å². The summed E-state index contributed by atoms with van der Waals surface area (Å²) in [5.74, 6) is 1.18. The number of fused-ring (bicyclic) bond motifs is 28. The van der Waals surface area contributed by atoms with E-state index in [-0.39, 0.29) is 151 Å². The van der Waals surface area contributed by atoms with Gasteiger partial charge in [-0.1, -0.05) is 209 Å². The fourth-order valence-electron chi connectivity index (χ4n) is 36.6. The summed E-state index contributed by atoms with van der Waals surface area (Å²) in [7, 11) is 1.95. The minimum atomic E-state index is -0.309. The molecule has 0 aromatic carbocycles. The monoisotopic (exact) mass is 1940 g/mol. The van der Waals surface area contributed by atoms with E-state index >= 15 is 0 Å². The number of aliphatic hydroxyl groups excluding tert-OH is 4. The molecule has 3 amide bonds. The van der Waals surface area contributed by atoms with Crippen molar-refractivity contribution in [2.75, 3.05) is 33.3 Å². The summed E-state index contributed by atoms with van der Waals surface area (Å²) in [6, 6.07) is 0. The average molecular weight is 1940 g/mol. The van der Waals surface area contributed by atoms with Gasteiger partial charge in [-0.25, -0.2) is 4.79 Å². The van der Waals surface area contributed by atoms with E-state index in [1.807, 2.05) is 46.6 Å². The second-order valence-electron chi connectivity index (χ2n) is 55.2. The lowest BCUT2D eigenvalue weighted by atomic mass is 9.34. The minimum Gasteiger partial charge on any atom is -0.504 e. The Labute approximate surface area is 852 Å². The Hall–Kier alpha value is -8.11. The Morgan fingerprint density at radius 3 is 0.923 bits per heavy atom. The number of alkyl carbamates (subject to hydrolysis) is 1. The largest absolute Gasteiger partial charge is 0.504 e. The lowest BCUT2D eigenvalue weighted by Gasteiger charge is -2.70. The van der Waals surface area contributed by atoms with Crippen LogP contribution < -0.4 is 16.0 Å². The van der Waals surface area contributed by atoms with E-state index in [9.17, 15) is 54.0 Å². The number of carbonyl (C=O) groups is 7. The van der Waals surface area contributed by atoms with Gasteiger partial charge in [0.2, 0.25) is 34.9 Å². The molecule has 774 valence electrons. The first-order valence-electron chi connectivity index (χ1n) is 55.5. The van der Waals surface area contributed by atoms with Crippen LogP contribution in [-0.2, 0) is 33.5 Å². The third-order valence-electron chi connectivity index (χ3n) is 47.2. The van der Waals surface area contributed by atoms with Gasteiger partial charge in [0.05, 0.1) is 6.61 Å². The van der Waals surface area contributed by atoms with E-state index in [1.54, 1.807) is 31.2 Å². The molecule has 16 nitrogen and oxygen atoms in total. The zero-order chi connectivity index (χ0) is 104. The van der Waals surface area contributed by atoms with E-state index in [2.05, 4.69) is 217 Å². The van der Waals surface area contributed by atoms with Gasteiger partial charge in [-0.2, -0.15) is 0 Å². The van der Waals surface area contributed by atoms with Gasteiger partial charge in [0.25, 0.3) is 0 Å². The average Bonchev–Trinajstić information content (AvgIpc) is 0.687. The molecular weight excluding hydrogens is 1760 g/mol. The SMILES string of the molecule is CC(=O)N(C)C[C@]1(C)CC[C@]2(C)CC[C@]3(C)C4=CC=C5C(=CC(=O)C(O)=C5C)[C@]4(C)CC[C@@]3(C)[C@@H]2C1.CCCC(=O)N[C@]1(C)CC[C@]2(C)CC[C@]3(C)C4=CC=C5C(=CC(=O)C(O)=C5C)[C@]4(C)CC[C@@]3(C)[C@@H]2C1.CCNC[C@]1(C)CC[C@]2(C)CC[C@]3(C)C4=CC=C5C(=CC(=O)C(O)=C5C)[C@]4(C)CC[C@@]3(C)[C@@H]2C1.CCOC(=O)N[C@]1(C)CC[C@]2(C)CC[C@]3(C)C4=CC=C5C(=CC(=O)C(O)=C5C)[C@]4(C)CC[C@@]3(C)[C@@H]2C1. The van der Waals surface area contributed by atoms with E-state index in [1.165, 1.54) is 99.3 Å². The number of nitrogens with one attached hydrogen (secondary N) is 3. The van der Waals surface area contributed by atoms with Crippen LogP contribution in [0.15, 0.2) is 185 Å². The maximum atomic E-state index is 12.7. The maximum absolute atomic E-state index is 12.7. The van der Waals surface area contributed by atoms with Gasteiger partial charge in [0.1, 0.15) is 0 Å². The molecule has 7 N–H and O–H groups in total. The van der Waals surface area contributed by atoms with Crippen molar-refractivity contribution in [3.63, 3.8) is 0 Å². The lowest BCUT2D eigenvalue weighted by molar-refractivity contribution is -0.164. The van der Waals surface area contributed by atoms with Crippen LogP contribution >= 0.6 is 0 Å². The molecule has 20 rings (SSSR count). The number of allylic oxidation sites excluding steroid dienone is 28. The van der Waals surface area contributed by atoms with Gasteiger partial charge in [0, 0.05) is 88.5 Å². The third-order valence-corrected chi connectivity index (χ3v) is 47.2. The van der Waals surface area contributed by atoms with Crippen molar-refractivity contribution in [1.29, 1.82) is 0 Å². The van der Waals surface area contributed by atoms with Crippen LogP contribution in [0, 0.1) is 121 Å². The minimum absolute atomic E-state index is 0.0128. The Morgan fingerprint density at radius 2 is 0.634 bits per heavy atom. The highest BCUT2D eigenvalue weighted by molar-refractivity contribution is 6.09. The normalized spacial score (nSPS) is 44.3. The summed E-state index contributed by atoms with van der Waals surface area (Å²) in [5, 5.41) is 51.7. The highest BCUT2D eigenvalue weighted by Crippen LogP contribution is 2.82. The highest BCUT2D eigenvalue weighted by Gasteiger charge is 2.73. The number of hydrogen-bond acceptors (Lipinski definition) is 13. The molecule has 0 heterocycles. The van der Waals surface area contributed by atoms with Crippen LogP contribution in [0.3, 0.4) is 0 Å². The second kappa shape index (κ2) is 34.8. The molecule has 0 aliphatic heterocycles. The number of carbonyl (C=O) groups excluding carboxylic acids is 7. The van der Waals surface area contributed by atoms with Gasteiger partial charge in [0.15, 0.2) is 23.0 Å². The lowest BCUT2D eigenvalue weighted by Crippen LogP contribution is -2.64. The zero-order valence-electron chi connectivity index (χ0n) is 92.8. The van der Waals surface area contributed by atoms with E-state index < -0.39 is 0 Å². The number of rotatable bonds is 10. The molecule has 24 atom stereocenters. The smallest absolute Gasteiger partial charge is 0.407 e. The predicted molar refractivity (Wildman–Crippen MR) is 569 cm³/mol. The van der Waals surface area contributed by atoms with Crippen molar-refractivity contribution in [2.45, 2.75) is 398 Å². The van der Waals surface area contributed by atoms with Crippen LogP contribution in [0.5, 0.6) is 0 Å². The molecule has 142 heavy (non-hydrogen) atoms. The Bertz CT molecular complexity index is 5790. The molecule has 0 radical (unpaired) electrons. The summed E-state index contributed by atoms with van der Waals surface area (Å²) in [4.78, 5) is 89.7. The number of ether oxygens (including phenoxy) is 1. The fourth-order valence-corrected chi connectivity index (χ4v) is 36.6. The molecule has 20 aliphatic rings. The van der Waals surface area contributed by atoms with E-state index in [4.69, 9.17) is 4.74 Å². The van der Waals surface area contributed by atoms with E-state index in [0.29, 0.717) is 75.1 Å². The number of aliphatic hydroxyl groups is 4. The summed E-state index contributed by atoms with van der Waals surface area (Å²) >= 11 is 0. The fraction of sp³-hybridized carbons (Fsp3) is 0.690. The summed E-state index contributed by atoms with van der Waals surface area (Å²) in [6.07, 6.45) is 58.1. The molecule has 0 aromatic rings. The molecule has 12 fully saturated rings. The van der Waals surface area contributed by atoms with Crippen LogP contribution in [0.4, 0.5) is 4.79 Å². The Kier molecular flexibility index (Phi) is 25.8. The second-order valence-corrected chi connectivity index (χ2v) is 55.2.